The molecule has 4 amide bonds. The van der Waals surface area contributed by atoms with Gasteiger partial charge in [0.2, 0.25) is 17.6 Å². The molecule has 3 unspecified atom stereocenters. The van der Waals surface area contributed by atoms with Gasteiger partial charge in [-0.05, 0) is 43.4 Å². The predicted octanol–water partition coefficient (Wildman–Crippen LogP) is 1.89. The molecule has 2 fully saturated rings. The third-order valence-corrected chi connectivity index (χ3v) is 7.12. The first-order valence-corrected chi connectivity index (χ1v) is 12.6. The summed E-state index contributed by atoms with van der Waals surface area (Å²) in [4.78, 5) is 64.6. The highest BCUT2D eigenvalue weighted by molar-refractivity contribution is 6.37. The molecule has 1 saturated heterocycles. The summed E-state index contributed by atoms with van der Waals surface area (Å²) in [5.41, 5.74) is 4.56. The number of nitrogens with zero attached hydrogens (tertiary/aromatic N) is 1. The fourth-order valence-electron chi connectivity index (χ4n) is 4.31. The van der Waals surface area contributed by atoms with Gasteiger partial charge in [-0.2, -0.15) is 0 Å². The molecule has 0 aromatic heterocycles. The van der Waals surface area contributed by atoms with Crippen molar-refractivity contribution in [2.75, 3.05) is 6.54 Å². The normalized spacial score (nSPS) is 21.0. The number of ether oxygens (including phenoxy) is 1. The smallest absolute Gasteiger partial charge is 0.408 e. The minimum atomic E-state index is -1.08. The zero-order valence-corrected chi connectivity index (χ0v) is 21.9. The van der Waals surface area contributed by atoms with E-state index in [1.54, 1.807) is 6.92 Å². The number of nitrogens with one attached hydrogen (secondary N) is 2. The summed E-state index contributed by atoms with van der Waals surface area (Å²) in [6.07, 6.45) is 3.31. The molecule has 0 aromatic rings. The van der Waals surface area contributed by atoms with Crippen molar-refractivity contribution >= 4 is 29.6 Å². The van der Waals surface area contributed by atoms with Crippen LogP contribution in [0.3, 0.4) is 0 Å². The van der Waals surface area contributed by atoms with Crippen LogP contribution in [-0.2, 0) is 23.9 Å². The van der Waals surface area contributed by atoms with Crippen molar-refractivity contribution in [2.45, 2.75) is 104 Å². The molecule has 4 atom stereocenters. The molecule has 0 bridgehead atoms. The topological polar surface area (TPSA) is 148 Å². The average molecular weight is 495 g/mol. The molecule has 2 aliphatic rings. The Kier molecular flexibility index (Phi) is 9.68. The SMILES string of the molecule is CC(C)C(C)OC(=O)NC(C(=O)N1CCC[C@H]1C(=O)NC(CC1CCC1)C(=O)C(N)=O)C(C)(C)C. The molecule has 4 N–H and O–H groups in total. The van der Waals surface area contributed by atoms with E-state index in [0.717, 1.165) is 19.3 Å². The second-order valence-electron chi connectivity index (χ2n) is 11.3. The van der Waals surface area contributed by atoms with Crippen molar-refractivity contribution in [1.82, 2.24) is 15.5 Å². The molecule has 0 radical (unpaired) electrons. The van der Waals surface area contributed by atoms with Gasteiger partial charge >= 0.3 is 6.09 Å². The molecule has 2 rings (SSSR count). The molecule has 1 aliphatic heterocycles. The summed E-state index contributed by atoms with van der Waals surface area (Å²) in [5.74, 6) is -2.40. The number of nitrogens with two attached hydrogens (primary N) is 1. The minimum Gasteiger partial charge on any atom is -0.446 e. The zero-order chi connectivity index (χ0) is 26.5. The second-order valence-corrected chi connectivity index (χ2v) is 11.3. The molecule has 198 valence electrons. The van der Waals surface area contributed by atoms with E-state index < -0.39 is 47.2 Å². The molecule has 1 saturated carbocycles. The number of rotatable bonds is 10. The number of ketones is 1. The number of Topliss-reactive ketones (excluding diaryl/α,β-unsaturated/α-hetero) is 1. The standard InChI is InChI=1S/C25H42N4O6/c1-14(2)15(3)35-24(34)28-20(25(4,5)6)23(33)29-12-8-11-18(29)22(32)27-17(19(30)21(26)31)13-16-9-7-10-16/h14-18,20H,7-13H2,1-6H3,(H2,26,31)(H,27,32)(H,28,34)/t15?,17?,18-,20?/m0/s1. The Morgan fingerprint density at radius 3 is 2.11 bits per heavy atom. The summed E-state index contributed by atoms with van der Waals surface area (Å²) in [6.45, 7) is 11.5. The Hall–Kier alpha value is -2.65. The van der Waals surface area contributed by atoms with E-state index in [9.17, 15) is 24.0 Å². The van der Waals surface area contributed by atoms with Gasteiger partial charge < -0.3 is 26.0 Å². The zero-order valence-electron chi connectivity index (χ0n) is 21.9. The van der Waals surface area contributed by atoms with Crippen molar-refractivity contribution in [3.05, 3.63) is 0 Å². The number of carbonyl (C=O) groups is 5. The third-order valence-electron chi connectivity index (χ3n) is 7.12. The molecule has 1 aliphatic carbocycles. The summed E-state index contributed by atoms with van der Waals surface area (Å²) < 4.78 is 5.40. The van der Waals surface area contributed by atoms with Gasteiger partial charge in [0.05, 0.1) is 6.04 Å². The maximum Gasteiger partial charge on any atom is 0.408 e. The molecular formula is C25H42N4O6. The first-order chi connectivity index (χ1) is 16.2. The van der Waals surface area contributed by atoms with Gasteiger partial charge in [-0.15, -0.1) is 0 Å². The van der Waals surface area contributed by atoms with Crippen LogP contribution in [0.1, 0.15) is 80.1 Å². The minimum absolute atomic E-state index is 0.118. The van der Waals surface area contributed by atoms with Gasteiger partial charge in [0.25, 0.3) is 5.91 Å². The average Bonchev–Trinajstić information content (AvgIpc) is 3.21. The van der Waals surface area contributed by atoms with E-state index in [1.807, 2.05) is 34.6 Å². The van der Waals surface area contributed by atoms with Crippen LogP contribution in [0.5, 0.6) is 0 Å². The predicted molar refractivity (Wildman–Crippen MR) is 130 cm³/mol. The van der Waals surface area contributed by atoms with Crippen LogP contribution in [0.4, 0.5) is 4.79 Å². The Labute approximate surface area is 208 Å². The number of hydrogen-bond donors (Lipinski definition) is 3. The van der Waals surface area contributed by atoms with Crippen molar-refractivity contribution in [3.63, 3.8) is 0 Å². The van der Waals surface area contributed by atoms with Crippen LogP contribution in [0.15, 0.2) is 0 Å². The van der Waals surface area contributed by atoms with E-state index in [1.165, 1.54) is 4.90 Å². The van der Waals surface area contributed by atoms with Gasteiger partial charge in [0.15, 0.2) is 0 Å². The lowest BCUT2D eigenvalue weighted by molar-refractivity contribution is -0.143. The third kappa shape index (κ3) is 7.67. The largest absolute Gasteiger partial charge is 0.446 e. The van der Waals surface area contributed by atoms with Crippen molar-refractivity contribution in [1.29, 1.82) is 0 Å². The lowest BCUT2D eigenvalue weighted by Crippen LogP contribution is -2.59. The van der Waals surface area contributed by atoms with E-state index >= 15 is 0 Å². The van der Waals surface area contributed by atoms with Crippen molar-refractivity contribution in [3.8, 4) is 0 Å². The molecule has 35 heavy (non-hydrogen) atoms. The Morgan fingerprint density at radius 1 is 1.00 bits per heavy atom. The van der Waals surface area contributed by atoms with Crippen LogP contribution in [0, 0.1) is 17.3 Å². The molecule has 0 spiro atoms. The first-order valence-electron chi connectivity index (χ1n) is 12.6. The molecule has 10 nitrogen and oxygen atoms in total. The monoisotopic (exact) mass is 494 g/mol. The molecular weight excluding hydrogens is 452 g/mol. The van der Waals surface area contributed by atoms with Crippen LogP contribution in [0.25, 0.3) is 0 Å². The fraction of sp³-hybridized carbons (Fsp3) is 0.800. The fourth-order valence-corrected chi connectivity index (χ4v) is 4.31. The first kappa shape index (κ1) is 28.6. The van der Waals surface area contributed by atoms with Crippen molar-refractivity contribution in [2.24, 2.45) is 23.0 Å². The quantitative estimate of drug-likeness (QED) is 0.395. The lowest BCUT2D eigenvalue weighted by Gasteiger charge is -2.36. The number of primary amides is 1. The number of carbonyl (C=O) groups excluding carboxylic acids is 5. The van der Waals surface area contributed by atoms with Crippen LogP contribution >= 0.6 is 0 Å². The lowest BCUT2D eigenvalue weighted by atomic mass is 9.80. The highest BCUT2D eigenvalue weighted by atomic mass is 16.6. The van der Waals surface area contributed by atoms with Gasteiger partial charge in [0, 0.05) is 6.54 Å². The van der Waals surface area contributed by atoms with Gasteiger partial charge in [-0.1, -0.05) is 53.9 Å². The Balaban J connectivity index is 2.14. The van der Waals surface area contributed by atoms with E-state index in [-0.39, 0.29) is 23.8 Å². The van der Waals surface area contributed by atoms with Crippen LogP contribution < -0.4 is 16.4 Å². The number of alkyl carbamates (subject to hydrolysis) is 1. The Morgan fingerprint density at radius 2 is 1.63 bits per heavy atom. The van der Waals surface area contributed by atoms with Crippen LogP contribution in [0.2, 0.25) is 0 Å². The highest BCUT2D eigenvalue weighted by Crippen LogP contribution is 2.31. The van der Waals surface area contributed by atoms with Crippen LogP contribution in [-0.4, -0.2) is 65.3 Å². The Bertz CT molecular complexity index is 817. The maximum absolute atomic E-state index is 13.6. The van der Waals surface area contributed by atoms with Gasteiger partial charge in [-0.3, -0.25) is 19.2 Å². The summed E-state index contributed by atoms with van der Waals surface area (Å²) in [7, 11) is 0. The number of hydrogen-bond acceptors (Lipinski definition) is 6. The summed E-state index contributed by atoms with van der Waals surface area (Å²) in [5, 5.41) is 5.38. The second kappa shape index (κ2) is 11.9. The van der Waals surface area contributed by atoms with E-state index in [0.29, 0.717) is 25.8 Å². The van der Waals surface area contributed by atoms with Crippen molar-refractivity contribution < 1.29 is 28.7 Å². The number of likely N-dealkylation sites (tertiary alicyclic amines) is 1. The van der Waals surface area contributed by atoms with E-state index in [2.05, 4.69) is 10.6 Å². The highest BCUT2D eigenvalue weighted by Gasteiger charge is 2.43. The number of amides is 4. The summed E-state index contributed by atoms with van der Waals surface area (Å²) >= 11 is 0. The van der Waals surface area contributed by atoms with Gasteiger partial charge in [-0.25, -0.2) is 4.79 Å². The molecule has 10 heteroatoms. The molecule has 1 heterocycles. The van der Waals surface area contributed by atoms with E-state index in [4.69, 9.17) is 10.5 Å². The molecule has 0 aromatic carbocycles. The summed E-state index contributed by atoms with van der Waals surface area (Å²) in [6, 6.07) is -2.71. The maximum atomic E-state index is 13.6. The van der Waals surface area contributed by atoms with Gasteiger partial charge in [0.1, 0.15) is 18.2 Å².